The van der Waals surface area contributed by atoms with E-state index in [0.29, 0.717) is 12.3 Å². The molecule has 3 rings (SSSR count). The van der Waals surface area contributed by atoms with E-state index < -0.39 is 5.97 Å². The largest absolute Gasteiger partial charge is 0.550 e. The quantitative estimate of drug-likeness (QED) is 0.649. The van der Waals surface area contributed by atoms with Crippen molar-refractivity contribution in [1.82, 2.24) is 4.98 Å². The third-order valence-corrected chi connectivity index (χ3v) is 5.14. The maximum absolute atomic E-state index is 10.7. The molecule has 0 atom stereocenters. The molecule has 0 spiro atoms. The lowest BCUT2D eigenvalue weighted by molar-refractivity contribution is -0.304. The number of aromatic nitrogens is 1. The minimum absolute atomic E-state index is 0.130. The Labute approximate surface area is 163 Å². The zero-order valence-electron chi connectivity index (χ0n) is 15.7. The molecule has 0 unspecified atom stereocenters. The Kier molecular flexibility index (Phi) is 5.61. The molecule has 0 bridgehead atoms. The second-order valence-corrected chi connectivity index (χ2v) is 8.31. The maximum atomic E-state index is 10.7. The van der Waals surface area contributed by atoms with Gasteiger partial charge in [-0.2, -0.15) is 0 Å². The zero-order chi connectivity index (χ0) is 19.4. The van der Waals surface area contributed by atoms with E-state index in [-0.39, 0.29) is 11.8 Å². The molecule has 0 aliphatic carbocycles. The van der Waals surface area contributed by atoms with E-state index in [1.807, 2.05) is 36.4 Å². The van der Waals surface area contributed by atoms with Crippen LogP contribution in [0.3, 0.4) is 0 Å². The molecule has 27 heavy (non-hydrogen) atoms. The molecule has 140 valence electrons. The van der Waals surface area contributed by atoms with Gasteiger partial charge in [-0.25, -0.2) is 4.98 Å². The Bertz CT molecular complexity index is 906. The van der Waals surface area contributed by atoms with Gasteiger partial charge in [-0.1, -0.05) is 57.2 Å². The zero-order valence-corrected chi connectivity index (χ0v) is 16.5. The van der Waals surface area contributed by atoms with Gasteiger partial charge in [-0.3, -0.25) is 0 Å². The van der Waals surface area contributed by atoms with Crippen LogP contribution in [0.25, 0.3) is 10.6 Å². The minimum Gasteiger partial charge on any atom is -0.550 e. The van der Waals surface area contributed by atoms with Crippen molar-refractivity contribution in [2.24, 2.45) is 0 Å². The number of ether oxygens (including phenoxy) is 1. The highest BCUT2D eigenvalue weighted by atomic mass is 32.1. The van der Waals surface area contributed by atoms with Crippen molar-refractivity contribution in [3.63, 3.8) is 0 Å². The van der Waals surface area contributed by atoms with Gasteiger partial charge in [-0.05, 0) is 28.7 Å². The number of nitrogens with zero attached hydrogens (tertiary/aromatic N) is 1. The fourth-order valence-electron chi connectivity index (χ4n) is 2.63. The van der Waals surface area contributed by atoms with Crippen molar-refractivity contribution in [1.29, 1.82) is 0 Å². The number of benzene rings is 2. The van der Waals surface area contributed by atoms with E-state index in [0.717, 1.165) is 21.9 Å². The predicted octanol–water partition coefficient (Wildman–Crippen LogP) is 3.98. The molecule has 1 heterocycles. The third kappa shape index (κ3) is 5.17. The first-order valence-corrected chi connectivity index (χ1v) is 9.66. The van der Waals surface area contributed by atoms with E-state index >= 15 is 0 Å². The Morgan fingerprint density at radius 3 is 2.33 bits per heavy atom. The first kappa shape index (κ1) is 19.1. The first-order valence-electron chi connectivity index (χ1n) is 8.78. The summed E-state index contributed by atoms with van der Waals surface area (Å²) in [4.78, 5) is 15.0. The number of carboxylic acids is 1. The van der Waals surface area contributed by atoms with Crippen LogP contribution in [0, 0.1) is 0 Å². The summed E-state index contributed by atoms with van der Waals surface area (Å²) in [6.07, 6.45) is -0.156. The van der Waals surface area contributed by atoms with Gasteiger partial charge in [0.2, 0.25) is 0 Å². The molecule has 0 radical (unpaired) electrons. The molecule has 3 aromatic rings. The standard InChI is InChI=1S/C22H23NO3S/c1-22(2,3)17-8-10-19(11-9-17)26-13-15-4-6-16(7-5-15)21-23-18(14-27-21)12-20(24)25/h4-11,14H,12-13H2,1-3H3,(H,24,25)/p-1. The SMILES string of the molecule is CC(C)(C)c1ccc(OCc2ccc(-c3nc(CC(=O)[O-])cs3)cc2)cc1. The summed E-state index contributed by atoms with van der Waals surface area (Å²) in [6, 6.07) is 16.2. The van der Waals surface area contributed by atoms with Crippen LogP contribution in [0.2, 0.25) is 0 Å². The summed E-state index contributed by atoms with van der Waals surface area (Å²) in [5, 5.41) is 13.2. The Balaban J connectivity index is 1.61. The summed E-state index contributed by atoms with van der Waals surface area (Å²) < 4.78 is 5.87. The van der Waals surface area contributed by atoms with Crippen molar-refractivity contribution in [2.75, 3.05) is 0 Å². The second-order valence-electron chi connectivity index (χ2n) is 7.45. The number of hydrogen-bond acceptors (Lipinski definition) is 5. The highest BCUT2D eigenvalue weighted by Gasteiger charge is 2.13. The average Bonchev–Trinajstić information content (AvgIpc) is 3.08. The summed E-state index contributed by atoms with van der Waals surface area (Å²) >= 11 is 1.43. The lowest BCUT2D eigenvalue weighted by atomic mass is 9.87. The summed E-state index contributed by atoms with van der Waals surface area (Å²) in [6.45, 7) is 7.06. The van der Waals surface area contributed by atoms with Crippen LogP contribution < -0.4 is 9.84 Å². The molecule has 0 fully saturated rings. The lowest BCUT2D eigenvalue weighted by Gasteiger charge is -2.19. The first-order chi connectivity index (χ1) is 12.8. The van der Waals surface area contributed by atoms with Gasteiger partial charge in [0.15, 0.2) is 0 Å². The van der Waals surface area contributed by atoms with Gasteiger partial charge in [0.25, 0.3) is 0 Å². The van der Waals surface area contributed by atoms with Gasteiger partial charge in [-0.15, -0.1) is 11.3 Å². The van der Waals surface area contributed by atoms with Gasteiger partial charge < -0.3 is 14.6 Å². The fourth-order valence-corrected chi connectivity index (χ4v) is 3.46. The molecule has 0 N–H and O–H groups in total. The second kappa shape index (κ2) is 7.92. The van der Waals surface area contributed by atoms with Gasteiger partial charge >= 0.3 is 0 Å². The minimum atomic E-state index is -1.12. The molecular weight excluding hydrogens is 358 g/mol. The van der Waals surface area contributed by atoms with Crippen LogP contribution >= 0.6 is 11.3 Å². The van der Waals surface area contributed by atoms with E-state index in [1.54, 1.807) is 5.38 Å². The lowest BCUT2D eigenvalue weighted by Crippen LogP contribution is -2.24. The molecule has 5 heteroatoms. The number of carboxylic acid groups (broad SMARTS) is 1. The van der Waals surface area contributed by atoms with Gasteiger partial charge in [0, 0.05) is 23.3 Å². The van der Waals surface area contributed by atoms with E-state index in [4.69, 9.17) is 4.74 Å². The molecule has 0 aliphatic rings. The molecule has 0 saturated heterocycles. The van der Waals surface area contributed by atoms with Crippen LogP contribution in [-0.2, 0) is 23.2 Å². The van der Waals surface area contributed by atoms with Crippen molar-refractivity contribution >= 4 is 17.3 Å². The number of carbonyl (C=O) groups is 1. The normalized spacial score (nSPS) is 11.4. The molecule has 0 saturated carbocycles. The molecular formula is C22H22NO3S-. The van der Waals surface area contributed by atoms with Crippen LogP contribution in [-0.4, -0.2) is 11.0 Å². The number of thiazole rings is 1. The molecule has 0 amide bonds. The van der Waals surface area contributed by atoms with Crippen molar-refractivity contribution in [3.8, 4) is 16.3 Å². The summed E-state index contributed by atoms with van der Waals surface area (Å²) in [7, 11) is 0. The van der Waals surface area contributed by atoms with Crippen molar-refractivity contribution < 1.29 is 14.6 Å². The maximum Gasteiger partial charge on any atom is 0.123 e. The van der Waals surface area contributed by atoms with E-state index in [9.17, 15) is 9.90 Å². The summed E-state index contributed by atoms with van der Waals surface area (Å²) in [5.74, 6) is -0.270. The smallest absolute Gasteiger partial charge is 0.123 e. The molecule has 2 aromatic carbocycles. The summed E-state index contributed by atoms with van der Waals surface area (Å²) in [5.41, 5.74) is 3.96. The Morgan fingerprint density at radius 2 is 1.74 bits per heavy atom. The van der Waals surface area contributed by atoms with Crippen molar-refractivity contribution in [3.05, 3.63) is 70.7 Å². The highest BCUT2D eigenvalue weighted by molar-refractivity contribution is 7.13. The molecule has 4 nitrogen and oxygen atoms in total. The number of aliphatic carboxylic acids is 1. The monoisotopic (exact) mass is 380 g/mol. The van der Waals surface area contributed by atoms with Crippen LogP contribution in [0.15, 0.2) is 53.9 Å². The average molecular weight is 380 g/mol. The van der Waals surface area contributed by atoms with Crippen molar-refractivity contribution in [2.45, 2.75) is 39.2 Å². The van der Waals surface area contributed by atoms with Crippen LogP contribution in [0.1, 0.15) is 37.6 Å². The Morgan fingerprint density at radius 1 is 1.07 bits per heavy atom. The van der Waals surface area contributed by atoms with Gasteiger partial charge in [0.05, 0.1) is 5.69 Å². The number of hydrogen-bond donors (Lipinski definition) is 0. The van der Waals surface area contributed by atoms with Crippen LogP contribution in [0.5, 0.6) is 5.75 Å². The number of rotatable bonds is 6. The highest BCUT2D eigenvalue weighted by Crippen LogP contribution is 2.26. The van der Waals surface area contributed by atoms with E-state index in [2.05, 4.69) is 37.9 Å². The van der Waals surface area contributed by atoms with Gasteiger partial charge in [0.1, 0.15) is 17.4 Å². The topological polar surface area (TPSA) is 62.2 Å². The van der Waals surface area contributed by atoms with E-state index in [1.165, 1.54) is 16.9 Å². The fraction of sp³-hybridized carbons (Fsp3) is 0.273. The predicted molar refractivity (Wildman–Crippen MR) is 106 cm³/mol. The Hall–Kier alpha value is -2.66. The number of carbonyl (C=O) groups excluding carboxylic acids is 1. The molecule has 0 aliphatic heterocycles. The third-order valence-electron chi connectivity index (χ3n) is 4.20. The van der Waals surface area contributed by atoms with Crippen LogP contribution in [0.4, 0.5) is 0 Å². The molecule has 1 aromatic heterocycles.